The van der Waals surface area contributed by atoms with Crippen molar-refractivity contribution in [2.24, 2.45) is 0 Å². The third-order valence-corrected chi connectivity index (χ3v) is 3.20. The summed E-state index contributed by atoms with van der Waals surface area (Å²) in [7, 11) is 0. The molecule has 0 saturated carbocycles. The normalized spacial score (nSPS) is 10.3. The molecule has 0 aromatic heterocycles. The number of phenols is 2. The zero-order valence-corrected chi connectivity index (χ0v) is 11.5. The molecule has 2 aromatic rings. The molecule has 0 saturated heterocycles. The van der Waals surface area contributed by atoms with Crippen molar-refractivity contribution in [1.82, 2.24) is 0 Å². The van der Waals surface area contributed by atoms with E-state index in [9.17, 15) is 15.0 Å². The summed E-state index contributed by atoms with van der Waals surface area (Å²) in [6, 6.07) is 10.1. The first-order chi connectivity index (χ1) is 9.45. The standard InChI is InChI=1S/C16H17NO3/c1-10-3-5-13(7-11(10)2)17-16(20)9-12-4-6-14(18)15(19)8-12/h3-8,18-19H,9H2,1-2H3,(H,17,20). The van der Waals surface area contributed by atoms with Gasteiger partial charge >= 0.3 is 0 Å². The highest BCUT2D eigenvalue weighted by molar-refractivity contribution is 5.92. The van der Waals surface area contributed by atoms with Crippen LogP contribution in [0.2, 0.25) is 0 Å². The number of nitrogens with one attached hydrogen (secondary N) is 1. The highest BCUT2D eigenvalue weighted by Gasteiger charge is 2.07. The molecule has 0 radical (unpaired) electrons. The minimum absolute atomic E-state index is 0.140. The number of hydrogen-bond acceptors (Lipinski definition) is 3. The van der Waals surface area contributed by atoms with Gasteiger partial charge in [0.1, 0.15) is 0 Å². The largest absolute Gasteiger partial charge is 0.504 e. The minimum atomic E-state index is -0.221. The molecular weight excluding hydrogens is 254 g/mol. The molecule has 0 aliphatic heterocycles. The lowest BCUT2D eigenvalue weighted by Crippen LogP contribution is -2.14. The predicted molar refractivity (Wildman–Crippen MR) is 78.0 cm³/mol. The monoisotopic (exact) mass is 271 g/mol. The molecule has 0 atom stereocenters. The number of phenolic OH excluding ortho intramolecular Hbond substituents is 2. The average Bonchev–Trinajstić information content (AvgIpc) is 2.38. The molecule has 4 heteroatoms. The second-order valence-electron chi connectivity index (χ2n) is 4.85. The fourth-order valence-corrected chi connectivity index (χ4v) is 1.89. The van der Waals surface area contributed by atoms with E-state index in [4.69, 9.17) is 0 Å². The molecule has 0 heterocycles. The molecule has 3 N–H and O–H groups in total. The number of aryl methyl sites for hydroxylation is 2. The SMILES string of the molecule is Cc1ccc(NC(=O)Cc2ccc(O)c(O)c2)cc1C. The van der Waals surface area contributed by atoms with E-state index in [1.165, 1.54) is 17.7 Å². The number of hydrogen-bond donors (Lipinski definition) is 3. The summed E-state index contributed by atoms with van der Waals surface area (Å²) in [4.78, 5) is 11.9. The van der Waals surface area contributed by atoms with E-state index in [1.807, 2.05) is 32.0 Å². The van der Waals surface area contributed by atoms with Gasteiger partial charge in [0.25, 0.3) is 0 Å². The maximum atomic E-state index is 11.9. The smallest absolute Gasteiger partial charge is 0.228 e. The average molecular weight is 271 g/mol. The fraction of sp³-hybridized carbons (Fsp3) is 0.188. The van der Waals surface area contributed by atoms with Gasteiger partial charge in [-0.3, -0.25) is 4.79 Å². The number of rotatable bonds is 3. The summed E-state index contributed by atoms with van der Waals surface area (Å²) >= 11 is 0. The van der Waals surface area contributed by atoms with Crippen LogP contribution in [0.4, 0.5) is 5.69 Å². The van der Waals surface area contributed by atoms with Crippen LogP contribution in [0.5, 0.6) is 11.5 Å². The van der Waals surface area contributed by atoms with Gasteiger partial charge in [-0.15, -0.1) is 0 Å². The Bertz CT molecular complexity index is 595. The molecule has 2 aromatic carbocycles. The van der Waals surface area contributed by atoms with Crippen molar-refractivity contribution < 1.29 is 15.0 Å². The maximum absolute atomic E-state index is 11.9. The third kappa shape index (κ3) is 3.29. The molecule has 0 aliphatic carbocycles. The first-order valence-corrected chi connectivity index (χ1v) is 6.33. The lowest BCUT2D eigenvalue weighted by Gasteiger charge is -2.08. The van der Waals surface area contributed by atoms with E-state index < -0.39 is 0 Å². The summed E-state index contributed by atoms with van der Waals surface area (Å²) in [5.74, 6) is -0.580. The van der Waals surface area contributed by atoms with Crippen molar-refractivity contribution in [1.29, 1.82) is 0 Å². The highest BCUT2D eigenvalue weighted by Crippen LogP contribution is 2.25. The number of benzene rings is 2. The van der Waals surface area contributed by atoms with E-state index in [0.717, 1.165) is 11.3 Å². The Hall–Kier alpha value is -2.49. The molecule has 20 heavy (non-hydrogen) atoms. The van der Waals surface area contributed by atoms with E-state index >= 15 is 0 Å². The van der Waals surface area contributed by atoms with Gasteiger partial charge in [-0.2, -0.15) is 0 Å². The molecular formula is C16H17NO3. The van der Waals surface area contributed by atoms with Crippen molar-refractivity contribution in [3.8, 4) is 11.5 Å². The molecule has 0 aliphatic rings. The second kappa shape index (κ2) is 5.65. The van der Waals surface area contributed by atoms with Gasteiger partial charge < -0.3 is 15.5 Å². The lowest BCUT2D eigenvalue weighted by molar-refractivity contribution is -0.115. The Kier molecular flexibility index (Phi) is 3.94. The highest BCUT2D eigenvalue weighted by atomic mass is 16.3. The van der Waals surface area contributed by atoms with Gasteiger partial charge in [0.2, 0.25) is 5.91 Å². The topological polar surface area (TPSA) is 69.6 Å². The van der Waals surface area contributed by atoms with Gasteiger partial charge in [-0.05, 0) is 54.8 Å². The van der Waals surface area contributed by atoms with Crippen molar-refractivity contribution in [3.05, 3.63) is 53.1 Å². The summed E-state index contributed by atoms with van der Waals surface area (Å²) < 4.78 is 0. The van der Waals surface area contributed by atoms with Crippen LogP contribution < -0.4 is 5.32 Å². The van der Waals surface area contributed by atoms with Crippen LogP contribution in [0.25, 0.3) is 0 Å². The van der Waals surface area contributed by atoms with Crippen molar-refractivity contribution >= 4 is 11.6 Å². The summed E-state index contributed by atoms with van der Waals surface area (Å²) in [6.07, 6.45) is 0.140. The fourth-order valence-electron chi connectivity index (χ4n) is 1.89. The van der Waals surface area contributed by atoms with Gasteiger partial charge in [0.05, 0.1) is 6.42 Å². The number of amides is 1. The number of carbonyl (C=O) groups excluding carboxylic acids is 1. The van der Waals surface area contributed by atoms with Crippen LogP contribution in [0.15, 0.2) is 36.4 Å². The van der Waals surface area contributed by atoms with Gasteiger partial charge in [0, 0.05) is 5.69 Å². The third-order valence-electron chi connectivity index (χ3n) is 3.20. The Balaban J connectivity index is 2.04. The zero-order valence-electron chi connectivity index (χ0n) is 11.5. The molecule has 0 spiro atoms. The number of anilines is 1. The Morgan fingerprint density at radius 3 is 2.40 bits per heavy atom. The Morgan fingerprint density at radius 1 is 1.00 bits per heavy atom. The van der Waals surface area contributed by atoms with Gasteiger partial charge in [-0.25, -0.2) is 0 Å². The second-order valence-corrected chi connectivity index (χ2v) is 4.85. The minimum Gasteiger partial charge on any atom is -0.504 e. The van der Waals surface area contributed by atoms with Crippen LogP contribution in [0.1, 0.15) is 16.7 Å². The van der Waals surface area contributed by atoms with Gasteiger partial charge in [0.15, 0.2) is 11.5 Å². The summed E-state index contributed by atoms with van der Waals surface area (Å²) in [5, 5.41) is 21.4. The van der Waals surface area contributed by atoms with E-state index in [2.05, 4.69) is 5.32 Å². The zero-order chi connectivity index (χ0) is 14.7. The molecule has 2 rings (SSSR count). The van der Waals surface area contributed by atoms with Crippen LogP contribution in [-0.2, 0) is 11.2 Å². The van der Waals surface area contributed by atoms with Crippen molar-refractivity contribution in [2.45, 2.75) is 20.3 Å². The van der Waals surface area contributed by atoms with E-state index in [-0.39, 0.29) is 23.8 Å². The number of aromatic hydroxyl groups is 2. The maximum Gasteiger partial charge on any atom is 0.228 e. The van der Waals surface area contributed by atoms with Crippen molar-refractivity contribution in [2.75, 3.05) is 5.32 Å². The first kappa shape index (κ1) is 13.9. The molecule has 104 valence electrons. The molecule has 0 fully saturated rings. The predicted octanol–water partition coefficient (Wildman–Crippen LogP) is 2.90. The lowest BCUT2D eigenvalue weighted by atomic mass is 10.1. The molecule has 4 nitrogen and oxygen atoms in total. The molecule has 0 bridgehead atoms. The Morgan fingerprint density at radius 2 is 1.75 bits per heavy atom. The first-order valence-electron chi connectivity index (χ1n) is 6.33. The quantitative estimate of drug-likeness (QED) is 0.752. The number of carbonyl (C=O) groups is 1. The van der Waals surface area contributed by atoms with Crippen LogP contribution in [0, 0.1) is 13.8 Å². The van der Waals surface area contributed by atoms with Gasteiger partial charge in [-0.1, -0.05) is 12.1 Å². The molecule has 0 unspecified atom stereocenters. The summed E-state index contributed by atoms with van der Waals surface area (Å²) in [5.41, 5.74) is 3.68. The van der Waals surface area contributed by atoms with Crippen LogP contribution in [-0.4, -0.2) is 16.1 Å². The summed E-state index contributed by atoms with van der Waals surface area (Å²) in [6.45, 7) is 4.00. The molecule has 1 amide bonds. The van der Waals surface area contributed by atoms with Crippen molar-refractivity contribution in [3.63, 3.8) is 0 Å². The Labute approximate surface area is 117 Å². The van der Waals surface area contributed by atoms with Crippen LogP contribution >= 0.6 is 0 Å². The van der Waals surface area contributed by atoms with Crippen LogP contribution in [0.3, 0.4) is 0 Å². The van der Waals surface area contributed by atoms with E-state index in [1.54, 1.807) is 6.07 Å². The van der Waals surface area contributed by atoms with E-state index in [0.29, 0.717) is 5.56 Å².